The van der Waals surface area contributed by atoms with Crippen LogP contribution in [0.4, 0.5) is 4.39 Å². The minimum absolute atomic E-state index is 0.139. The van der Waals surface area contributed by atoms with Gasteiger partial charge in [0.2, 0.25) is 0 Å². The fourth-order valence-electron chi connectivity index (χ4n) is 1.40. The highest BCUT2D eigenvalue weighted by molar-refractivity contribution is 5.09. The summed E-state index contributed by atoms with van der Waals surface area (Å²) in [5, 5.41) is 8.72. The first kappa shape index (κ1) is 13.0. The van der Waals surface area contributed by atoms with Gasteiger partial charge in [-0.15, -0.1) is 0 Å². The first-order valence-corrected chi connectivity index (χ1v) is 5.30. The summed E-state index contributed by atoms with van der Waals surface area (Å²) in [4.78, 5) is 5.92. The first-order valence-electron chi connectivity index (χ1n) is 5.30. The number of rotatable bonds is 6. The van der Waals surface area contributed by atoms with Crippen LogP contribution in [0.1, 0.15) is 18.2 Å². The SMILES string of the molecule is CN(CCO)CCC(N)c1ccc(F)cn1. The number of hydrogen-bond donors (Lipinski definition) is 2. The lowest BCUT2D eigenvalue weighted by molar-refractivity contribution is 0.217. The predicted molar refractivity (Wildman–Crippen MR) is 60.3 cm³/mol. The molecule has 1 atom stereocenters. The molecule has 0 saturated carbocycles. The van der Waals surface area contributed by atoms with Crippen LogP contribution in [0.25, 0.3) is 0 Å². The maximum absolute atomic E-state index is 12.6. The molecule has 0 amide bonds. The van der Waals surface area contributed by atoms with E-state index in [0.29, 0.717) is 12.2 Å². The fraction of sp³-hybridized carbons (Fsp3) is 0.545. The van der Waals surface area contributed by atoms with Crippen molar-refractivity contribution in [2.45, 2.75) is 12.5 Å². The van der Waals surface area contributed by atoms with Crippen LogP contribution in [0.15, 0.2) is 18.3 Å². The highest BCUT2D eigenvalue weighted by Crippen LogP contribution is 2.11. The van der Waals surface area contributed by atoms with Gasteiger partial charge in [0.25, 0.3) is 0 Å². The third-order valence-corrected chi connectivity index (χ3v) is 2.43. The summed E-state index contributed by atoms with van der Waals surface area (Å²) >= 11 is 0. The Bertz CT molecular complexity index is 305. The molecule has 1 aromatic rings. The maximum Gasteiger partial charge on any atom is 0.141 e. The molecular weight excluding hydrogens is 209 g/mol. The van der Waals surface area contributed by atoms with Crippen molar-refractivity contribution in [3.63, 3.8) is 0 Å². The van der Waals surface area contributed by atoms with Crippen LogP contribution in [-0.4, -0.2) is 41.7 Å². The summed E-state index contributed by atoms with van der Waals surface area (Å²) in [6.07, 6.45) is 1.90. The number of hydrogen-bond acceptors (Lipinski definition) is 4. The van der Waals surface area contributed by atoms with Crippen molar-refractivity contribution >= 4 is 0 Å². The van der Waals surface area contributed by atoms with Gasteiger partial charge in [-0.2, -0.15) is 0 Å². The van der Waals surface area contributed by atoms with E-state index in [2.05, 4.69) is 4.98 Å². The Morgan fingerprint density at radius 3 is 2.81 bits per heavy atom. The third kappa shape index (κ3) is 4.22. The minimum atomic E-state index is -0.353. The Labute approximate surface area is 94.9 Å². The molecule has 1 unspecified atom stereocenters. The van der Waals surface area contributed by atoms with Crippen molar-refractivity contribution in [3.8, 4) is 0 Å². The molecule has 5 heteroatoms. The van der Waals surface area contributed by atoms with E-state index >= 15 is 0 Å². The molecule has 90 valence electrons. The van der Waals surface area contributed by atoms with E-state index < -0.39 is 0 Å². The number of likely N-dealkylation sites (N-methyl/N-ethyl adjacent to an activating group) is 1. The van der Waals surface area contributed by atoms with Gasteiger partial charge in [-0.25, -0.2) is 4.39 Å². The molecule has 0 aliphatic rings. The van der Waals surface area contributed by atoms with E-state index in [1.54, 1.807) is 6.07 Å². The van der Waals surface area contributed by atoms with Gasteiger partial charge < -0.3 is 15.7 Å². The van der Waals surface area contributed by atoms with Crippen molar-refractivity contribution < 1.29 is 9.50 Å². The van der Waals surface area contributed by atoms with Crippen molar-refractivity contribution in [1.29, 1.82) is 0 Å². The summed E-state index contributed by atoms with van der Waals surface area (Å²) in [7, 11) is 1.92. The molecule has 1 heterocycles. The monoisotopic (exact) mass is 227 g/mol. The lowest BCUT2D eigenvalue weighted by atomic mass is 10.1. The number of halogens is 1. The number of nitrogens with two attached hydrogens (primary N) is 1. The topological polar surface area (TPSA) is 62.4 Å². The van der Waals surface area contributed by atoms with E-state index in [1.807, 2.05) is 11.9 Å². The molecular formula is C11H18FN3O. The highest BCUT2D eigenvalue weighted by atomic mass is 19.1. The minimum Gasteiger partial charge on any atom is -0.395 e. The summed E-state index contributed by atoms with van der Waals surface area (Å²) in [5.41, 5.74) is 6.61. The summed E-state index contributed by atoms with van der Waals surface area (Å²) < 4.78 is 12.6. The zero-order valence-corrected chi connectivity index (χ0v) is 9.43. The quantitative estimate of drug-likeness (QED) is 0.744. The summed E-state index contributed by atoms with van der Waals surface area (Å²) in [6, 6.07) is 2.77. The zero-order valence-electron chi connectivity index (χ0n) is 9.43. The van der Waals surface area contributed by atoms with E-state index in [1.165, 1.54) is 12.3 Å². The van der Waals surface area contributed by atoms with Gasteiger partial charge in [-0.1, -0.05) is 0 Å². The molecule has 0 radical (unpaired) electrons. The van der Waals surface area contributed by atoms with E-state index in [-0.39, 0.29) is 18.5 Å². The van der Waals surface area contributed by atoms with E-state index in [9.17, 15) is 4.39 Å². The average molecular weight is 227 g/mol. The fourth-order valence-corrected chi connectivity index (χ4v) is 1.40. The molecule has 0 aliphatic heterocycles. The Kier molecular flexibility index (Phi) is 5.31. The largest absolute Gasteiger partial charge is 0.395 e. The van der Waals surface area contributed by atoms with Crippen LogP contribution >= 0.6 is 0 Å². The lowest BCUT2D eigenvalue weighted by Gasteiger charge is -2.17. The first-order chi connectivity index (χ1) is 7.63. The Hall–Kier alpha value is -1.04. The molecule has 4 nitrogen and oxygen atoms in total. The van der Waals surface area contributed by atoms with Crippen LogP contribution in [0.5, 0.6) is 0 Å². The molecule has 0 bridgehead atoms. The smallest absolute Gasteiger partial charge is 0.141 e. The normalized spacial score (nSPS) is 13.1. The van der Waals surface area contributed by atoms with Gasteiger partial charge >= 0.3 is 0 Å². The number of aliphatic hydroxyl groups excluding tert-OH is 1. The summed E-state index contributed by atoms with van der Waals surface area (Å²) in [5.74, 6) is -0.353. The third-order valence-electron chi connectivity index (χ3n) is 2.43. The van der Waals surface area contributed by atoms with Crippen LogP contribution in [0.3, 0.4) is 0 Å². The summed E-state index contributed by atoms with van der Waals surface area (Å²) in [6.45, 7) is 1.55. The van der Waals surface area contributed by atoms with Gasteiger partial charge in [0.05, 0.1) is 18.5 Å². The van der Waals surface area contributed by atoms with E-state index in [0.717, 1.165) is 13.0 Å². The van der Waals surface area contributed by atoms with Crippen molar-refractivity contribution in [2.24, 2.45) is 5.73 Å². The van der Waals surface area contributed by atoms with E-state index in [4.69, 9.17) is 10.8 Å². The van der Waals surface area contributed by atoms with Crippen LogP contribution < -0.4 is 5.73 Å². The van der Waals surface area contributed by atoms with Crippen molar-refractivity contribution in [2.75, 3.05) is 26.7 Å². The number of pyridine rings is 1. The van der Waals surface area contributed by atoms with Gasteiger partial charge in [-0.3, -0.25) is 4.98 Å². The highest BCUT2D eigenvalue weighted by Gasteiger charge is 2.08. The Morgan fingerprint density at radius 2 is 2.25 bits per heavy atom. The molecule has 3 N–H and O–H groups in total. The van der Waals surface area contributed by atoms with Gasteiger partial charge in [0.15, 0.2) is 0 Å². The number of aliphatic hydroxyl groups is 1. The number of aromatic nitrogens is 1. The Morgan fingerprint density at radius 1 is 1.50 bits per heavy atom. The van der Waals surface area contributed by atoms with Crippen LogP contribution in [-0.2, 0) is 0 Å². The zero-order chi connectivity index (χ0) is 12.0. The molecule has 16 heavy (non-hydrogen) atoms. The standard InChI is InChI=1S/C11H18FN3O/c1-15(6-7-16)5-4-10(13)11-3-2-9(12)8-14-11/h2-3,8,10,16H,4-7,13H2,1H3. The molecule has 0 saturated heterocycles. The molecule has 0 aromatic carbocycles. The van der Waals surface area contributed by atoms with Crippen LogP contribution in [0.2, 0.25) is 0 Å². The second-order valence-electron chi connectivity index (χ2n) is 3.82. The average Bonchev–Trinajstić information content (AvgIpc) is 2.27. The molecule has 0 spiro atoms. The second-order valence-corrected chi connectivity index (χ2v) is 3.82. The van der Waals surface area contributed by atoms with Gasteiger partial charge in [-0.05, 0) is 32.1 Å². The molecule has 1 aromatic heterocycles. The second kappa shape index (κ2) is 6.52. The molecule has 0 aliphatic carbocycles. The van der Waals surface area contributed by atoms with Gasteiger partial charge in [0.1, 0.15) is 5.82 Å². The Balaban J connectivity index is 2.40. The van der Waals surface area contributed by atoms with Crippen molar-refractivity contribution in [3.05, 3.63) is 29.8 Å². The van der Waals surface area contributed by atoms with Gasteiger partial charge in [0, 0.05) is 12.6 Å². The number of nitrogens with zero attached hydrogens (tertiary/aromatic N) is 2. The molecule has 1 rings (SSSR count). The molecule has 0 fully saturated rings. The lowest BCUT2D eigenvalue weighted by Crippen LogP contribution is -2.26. The maximum atomic E-state index is 12.6. The van der Waals surface area contributed by atoms with Crippen LogP contribution in [0, 0.1) is 5.82 Å². The predicted octanol–water partition coefficient (Wildman–Crippen LogP) is 0.535. The van der Waals surface area contributed by atoms with Crippen molar-refractivity contribution in [1.82, 2.24) is 9.88 Å².